The Morgan fingerprint density at radius 3 is 2.40 bits per heavy atom. The molecule has 1 aromatic carbocycles. The van der Waals surface area contributed by atoms with Gasteiger partial charge in [-0.25, -0.2) is 4.39 Å². The van der Waals surface area contributed by atoms with Crippen molar-refractivity contribution in [3.05, 3.63) is 29.6 Å². The standard InChI is InChI=1S/C17H24FNO/c1-6-19-15-13(8-7-9-14(15)18)17(12(4)5,16(19)20)10-11(2)3/h7-9,11-12H,6,10H2,1-5H3. The molecule has 2 rings (SSSR count). The minimum absolute atomic E-state index is 0.0591. The van der Waals surface area contributed by atoms with Crippen LogP contribution in [0.2, 0.25) is 0 Å². The Bertz CT molecular complexity index is 524. The first-order valence-electron chi connectivity index (χ1n) is 7.47. The van der Waals surface area contributed by atoms with Crippen molar-refractivity contribution in [2.45, 2.75) is 46.5 Å². The number of para-hydroxylation sites is 1. The third-order valence-electron chi connectivity index (χ3n) is 4.40. The van der Waals surface area contributed by atoms with E-state index in [4.69, 9.17) is 0 Å². The van der Waals surface area contributed by atoms with Gasteiger partial charge in [-0.2, -0.15) is 0 Å². The van der Waals surface area contributed by atoms with Crippen molar-refractivity contribution in [3.8, 4) is 0 Å². The number of anilines is 1. The van der Waals surface area contributed by atoms with E-state index < -0.39 is 5.41 Å². The number of benzene rings is 1. The Morgan fingerprint density at radius 2 is 1.90 bits per heavy atom. The molecular weight excluding hydrogens is 253 g/mol. The molecule has 0 aliphatic carbocycles. The minimum Gasteiger partial charge on any atom is -0.309 e. The van der Waals surface area contributed by atoms with E-state index in [2.05, 4.69) is 27.7 Å². The number of amides is 1. The lowest BCUT2D eigenvalue weighted by Gasteiger charge is -2.34. The fourth-order valence-corrected chi connectivity index (χ4v) is 3.54. The molecule has 3 heteroatoms. The van der Waals surface area contributed by atoms with Crippen molar-refractivity contribution >= 4 is 11.6 Å². The molecule has 0 fully saturated rings. The summed E-state index contributed by atoms with van der Waals surface area (Å²) in [6.45, 7) is 10.8. The van der Waals surface area contributed by atoms with Crippen LogP contribution in [0.15, 0.2) is 18.2 Å². The number of nitrogens with zero attached hydrogens (tertiary/aromatic N) is 1. The molecule has 0 aromatic heterocycles. The molecule has 1 amide bonds. The summed E-state index contributed by atoms with van der Waals surface area (Å²) in [6.07, 6.45) is 0.760. The zero-order chi connectivity index (χ0) is 15.1. The minimum atomic E-state index is -0.582. The van der Waals surface area contributed by atoms with Crippen LogP contribution in [-0.4, -0.2) is 12.5 Å². The van der Waals surface area contributed by atoms with Crippen molar-refractivity contribution in [2.24, 2.45) is 11.8 Å². The summed E-state index contributed by atoms with van der Waals surface area (Å²) in [7, 11) is 0. The van der Waals surface area contributed by atoms with Crippen molar-refractivity contribution in [2.75, 3.05) is 11.4 Å². The molecular formula is C17H24FNO. The second-order valence-electron chi connectivity index (χ2n) is 6.41. The number of carbonyl (C=O) groups excluding carboxylic acids is 1. The van der Waals surface area contributed by atoms with E-state index in [0.717, 1.165) is 12.0 Å². The van der Waals surface area contributed by atoms with Gasteiger partial charge in [0.25, 0.3) is 0 Å². The molecule has 1 aromatic rings. The zero-order valence-electron chi connectivity index (χ0n) is 13.0. The summed E-state index contributed by atoms with van der Waals surface area (Å²) in [5.41, 5.74) is 0.782. The molecule has 1 aliphatic rings. The molecule has 0 N–H and O–H groups in total. The lowest BCUT2D eigenvalue weighted by atomic mass is 9.68. The average Bonchev–Trinajstić information content (AvgIpc) is 2.61. The van der Waals surface area contributed by atoms with E-state index in [1.165, 1.54) is 6.07 Å². The smallest absolute Gasteiger partial charge is 0.238 e. The summed E-state index contributed by atoms with van der Waals surface area (Å²) in [4.78, 5) is 14.6. The van der Waals surface area contributed by atoms with Gasteiger partial charge in [0.2, 0.25) is 5.91 Å². The number of fused-ring (bicyclic) bond motifs is 1. The van der Waals surface area contributed by atoms with E-state index in [1.54, 1.807) is 11.0 Å². The molecule has 20 heavy (non-hydrogen) atoms. The Labute approximate surface area is 121 Å². The molecule has 1 aliphatic heterocycles. The lowest BCUT2D eigenvalue weighted by Crippen LogP contribution is -2.45. The maximum absolute atomic E-state index is 14.3. The highest BCUT2D eigenvalue weighted by atomic mass is 19.1. The third-order valence-corrected chi connectivity index (χ3v) is 4.40. The fraction of sp³-hybridized carbons (Fsp3) is 0.588. The van der Waals surface area contributed by atoms with Gasteiger partial charge in [-0.1, -0.05) is 39.8 Å². The van der Waals surface area contributed by atoms with Crippen LogP contribution in [0.1, 0.15) is 46.6 Å². The van der Waals surface area contributed by atoms with Crippen LogP contribution >= 0.6 is 0 Å². The molecule has 0 saturated heterocycles. The highest BCUT2D eigenvalue weighted by molar-refractivity contribution is 6.08. The summed E-state index contributed by atoms with van der Waals surface area (Å²) in [5, 5.41) is 0. The molecule has 110 valence electrons. The highest BCUT2D eigenvalue weighted by Gasteiger charge is 2.53. The van der Waals surface area contributed by atoms with Crippen LogP contribution in [0.25, 0.3) is 0 Å². The normalized spacial score (nSPS) is 22.0. The topological polar surface area (TPSA) is 20.3 Å². The van der Waals surface area contributed by atoms with Crippen LogP contribution < -0.4 is 4.90 Å². The van der Waals surface area contributed by atoms with Gasteiger partial charge in [0.05, 0.1) is 11.1 Å². The van der Waals surface area contributed by atoms with Crippen molar-refractivity contribution in [1.82, 2.24) is 0 Å². The summed E-state index contributed by atoms with van der Waals surface area (Å²) >= 11 is 0. The van der Waals surface area contributed by atoms with Gasteiger partial charge in [0, 0.05) is 6.54 Å². The predicted octanol–water partition coefficient (Wildman–Crippen LogP) is 4.13. The van der Waals surface area contributed by atoms with Gasteiger partial charge in [-0.05, 0) is 36.8 Å². The van der Waals surface area contributed by atoms with Crippen molar-refractivity contribution in [3.63, 3.8) is 0 Å². The van der Waals surface area contributed by atoms with E-state index in [1.807, 2.05) is 13.0 Å². The molecule has 0 bridgehead atoms. The van der Waals surface area contributed by atoms with E-state index >= 15 is 0 Å². The maximum Gasteiger partial charge on any atom is 0.238 e. The van der Waals surface area contributed by atoms with Gasteiger partial charge in [-0.15, -0.1) is 0 Å². The Hall–Kier alpha value is -1.38. The van der Waals surface area contributed by atoms with Crippen LogP contribution in [0.4, 0.5) is 10.1 Å². The SMILES string of the molecule is CCN1C(=O)C(CC(C)C)(C(C)C)c2cccc(F)c21. The molecule has 0 radical (unpaired) electrons. The predicted molar refractivity (Wildman–Crippen MR) is 80.4 cm³/mol. The second-order valence-corrected chi connectivity index (χ2v) is 6.41. The average molecular weight is 277 g/mol. The third kappa shape index (κ3) is 1.95. The Balaban J connectivity index is 2.71. The number of likely N-dealkylation sites (N-methyl/N-ethyl adjacent to an activating group) is 1. The van der Waals surface area contributed by atoms with Crippen LogP contribution in [0.5, 0.6) is 0 Å². The number of rotatable bonds is 4. The number of carbonyl (C=O) groups is 1. The fourth-order valence-electron chi connectivity index (χ4n) is 3.54. The van der Waals surface area contributed by atoms with Crippen LogP contribution in [-0.2, 0) is 10.2 Å². The van der Waals surface area contributed by atoms with Crippen LogP contribution in [0, 0.1) is 17.7 Å². The first kappa shape index (κ1) is 15.0. The van der Waals surface area contributed by atoms with Gasteiger partial charge in [-0.3, -0.25) is 4.79 Å². The van der Waals surface area contributed by atoms with Gasteiger partial charge in [0.1, 0.15) is 5.82 Å². The molecule has 2 nitrogen and oxygen atoms in total. The van der Waals surface area contributed by atoms with E-state index in [9.17, 15) is 9.18 Å². The summed E-state index contributed by atoms with van der Waals surface area (Å²) in [6, 6.07) is 5.09. The Kier molecular flexibility index (Phi) is 3.90. The second kappa shape index (κ2) is 5.19. The number of hydrogen-bond donors (Lipinski definition) is 0. The van der Waals surface area contributed by atoms with Gasteiger partial charge >= 0.3 is 0 Å². The number of hydrogen-bond acceptors (Lipinski definition) is 1. The molecule has 1 heterocycles. The summed E-state index contributed by atoms with van der Waals surface area (Å²) < 4.78 is 14.3. The largest absolute Gasteiger partial charge is 0.309 e. The monoisotopic (exact) mass is 277 g/mol. The number of halogens is 1. The molecule has 0 spiro atoms. The Morgan fingerprint density at radius 1 is 1.25 bits per heavy atom. The van der Waals surface area contributed by atoms with Crippen LogP contribution in [0.3, 0.4) is 0 Å². The van der Waals surface area contributed by atoms with E-state index in [-0.39, 0.29) is 17.6 Å². The van der Waals surface area contributed by atoms with Crippen molar-refractivity contribution < 1.29 is 9.18 Å². The van der Waals surface area contributed by atoms with Gasteiger partial charge < -0.3 is 4.90 Å². The first-order chi connectivity index (χ1) is 9.36. The lowest BCUT2D eigenvalue weighted by molar-refractivity contribution is -0.125. The summed E-state index contributed by atoms with van der Waals surface area (Å²) in [5.74, 6) is 0.302. The zero-order valence-corrected chi connectivity index (χ0v) is 13.0. The van der Waals surface area contributed by atoms with E-state index in [0.29, 0.717) is 18.2 Å². The highest BCUT2D eigenvalue weighted by Crippen LogP contribution is 2.50. The van der Waals surface area contributed by atoms with Crippen molar-refractivity contribution in [1.29, 1.82) is 0 Å². The van der Waals surface area contributed by atoms with Gasteiger partial charge in [0.15, 0.2) is 0 Å². The first-order valence-corrected chi connectivity index (χ1v) is 7.47. The molecule has 1 atom stereocenters. The quantitative estimate of drug-likeness (QED) is 0.810. The molecule has 1 unspecified atom stereocenters. The molecule has 0 saturated carbocycles. The maximum atomic E-state index is 14.3.